The van der Waals surface area contributed by atoms with Gasteiger partial charge in [-0.3, -0.25) is 0 Å². The van der Waals surface area contributed by atoms with Crippen LogP contribution >= 0.6 is 0 Å². The Morgan fingerprint density at radius 3 is 2.06 bits per heavy atom. The molecule has 0 saturated carbocycles. The molecular formula is C15H28N2. The summed E-state index contributed by atoms with van der Waals surface area (Å²) in [6.45, 7) is 15.8. The lowest BCUT2D eigenvalue weighted by atomic mass is 9.91. The van der Waals surface area contributed by atoms with E-state index in [1.54, 1.807) is 0 Å². The second kappa shape index (κ2) is 5.70. The van der Waals surface area contributed by atoms with Crippen LogP contribution in [-0.2, 0) is 0 Å². The highest BCUT2D eigenvalue weighted by Gasteiger charge is 2.21. The zero-order chi connectivity index (χ0) is 13.2. The SMILES string of the molecule is CCC(C)c1nc(C(C)C)c(C(C)C(C)C)[nH]1. The highest BCUT2D eigenvalue weighted by atomic mass is 15.0. The maximum Gasteiger partial charge on any atom is 0.109 e. The van der Waals surface area contributed by atoms with Crippen LogP contribution in [0.4, 0.5) is 0 Å². The molecule has 1 N–H and O–H groups in total. The van der Waals surface area contributed by atoms with E-state index in [1.165, 1.54) is 17.2 Å². The number of aromatic nitrogens is 2. The first-order valence-electron chi connectivity index (χ1n) is 6.98. The molecule has 0 saturated heterocycles. The standard InChI is InChI=1S/C15H28N2/c1-8-11(6)15-16-13(10(4)5)14(17-15)12(7)9(2)3/h9-12H,8H2,1-7H3,(H,16,17). The van der Waals surface area contributed by atoms with E-state index >= 15 is 0 Å². The summed E-state index contributed by atoms with van der Waals surface area (Å²) in [4.78, 5) is 8.41. The Morgan fingerprint density at radius 1 is 1.06 bits per heavy atom. The molecule has 0 aliphatic carbocycles. The maximum absolute atomic E-state index is 4.83. The quantitative estimate of drug-likeness (QED) is 0.781. The third-order valence-corrected chi connectivity index (χ3v) is 3.86. The molecule has 0 amide bonds. The van der Waals surface area contributed by atoms with Crippen LogP contribution in [0.5, 0.6) is 0 Å². The molecule has 0 aromatic carbocycles. The fourth-order valence-electron chi connectivity index (χ4n) is 1.97. The van der Waals surface area contributed by atoms with E-state index in [2.05, 4.69) is 53.5 Å². The number of H-pyrrole nitrogens is 1. The first-order chi connectivity index (χ1) is 7.88. The van der Waals surface area contributed by atoms with Gasteiger partial charge in [0.2, 0.25) is 0 Å². The highest BCUT2D eigenvalue weighted by molar-refractivity contribution is 5.23. The molecule has 0 radical (unpaired) electrons. The molecule has 1 aromatic rings. The predicted octanol–water partition coefficient (Wildman–Crippen LogP) is 4.81. The second-order valence-electron chi connectivity index (χ2n) is 5.92. The Balaban J connectivity index is 3.14. The van der Waals surface area contributed by atoms with Crippen molar-refractivity contribution in [2.24, 2.45) is 5.92 Å². The van der Waals surface area contributed by atoms with Gasteiger partial charge in [0.1, 0.15) is 5.82 Å². The molecule has 0 aliphatic heterocycles. The van der Waals surface area contributed by atoms with Crippen LogP contribution in [0, 0.1) is 5.92 Å². The number of nitrogens with zero attached hydrogens (tertiary/aromatic N) is 1. The fourth-order valence-corrected chi connectivity index (χ4v) is 1.97. The molecule has 0 bridgehead atoms. The Kier molecular flexibility index (Phi) is 4.79. The molecule has 1 aromatic heterocycles. The maximum atomic E-state index is 4.83. The summed E-state index contributed by atoms with van der Waals surface area (Å²) in [5, 5.41) is 0. The van der Waals surface area contributed by atoms with Gasteiger partial charge in [-0.2, -0.15) is 0 Å². The first-order valence-corrected chi connectivity index (χ1v) is 6.98. The van der Waals surface area contributed by atoms with E-state index in [1.807, 2.05) is 0 Å². The lowest BCUT2D eigenvalue weighted by Crippen LogP contribution is -2.06. The van der Waals surface area contributed by atoms with Crippen molar-refractivity contribution in [3.05, 3.63) is 17.2 Å². The van der Waals surface area contributed by atoms with Crippen molar-refractivity contribution in [2.75, 3.05) is 0 Å². The summed E-state index contributed by atoms with van der Waals surface area (Å²) in [7, 11) is 0. The van der Waals surface area contributed by atoms with Crippen LogP contribution in [0.25, 0.3) is 0 Å². The van der Waals surface area contributed by atoms with Gasteiger partial charge in [-0.15, -0.1) is 0 Å². The Morgan fingerprint density at radius 2 is 1.65 bits per heavy atom. The van der Waals surface area contributed by atoms with Crippen molar-refractivity contribution < 1.29 is 0 Å². The molecule has 2 unspecified atom stereocenters. The van der Waals surface area contributed by atoms with E-state index in [0.717, 1.165) is 6.42 Å². The minimum atomic E-state index is 0.500. The fraction of sp³-hybridized carbons (Fsp3) is 0.800. The summed E-state index contributed by atoms with van der Waals surface area (Å²) in [5.74, 6) is 3.40. The molecule has 98 valence electrons. The number of nitrogens with one attached hydrogen (secondary N) is 1. The van der Waals surface area contributed by atoms with E-state index in [4.69, 9.17) is 4.98 Å². The van der Waals surface area contributed by atoms with Gasteiger partial charge in [-0.25, -0.2) is 4.98 Å². The van der Waals surface area contributed by atoms with Crippen molar-refractivity contribution in [1.82, 2.24) is 9.97 Å². The van der Waals surface area contributed by atoms with Crippen LogP contribution in [0.1, 0.15) is 89.9 Å². The third kappa shape index (κ3) is 3.11. The van der Waals surface area contributed by atoms with Crippen LogP contribution in [-0.4, -0.2) is 9.97 Å². The van der Waals surface area contributed by atoms with Gasteiger partial charge in [0.25, 0.3) is 0 Å². The molecule has 0 spiro atoms. The van der Waals surface area contributed by atoms with Gasteiger partial charge >= 0.3 is 0 Å². The molecule has 17 heavy (non-hydrogen) atoms. The Hall–Kier alpha value is -0.790. The Bertz CT molecular complexity index is 350. The summed E-state index contributed by atoms with van der Waals surface area (Å²) in [6.07, 6.45) is 1.14. The number of rotatable bonds is 5. The van der Waals surface area contributed by atoms with Crippen molar-refractivity contribution in [2.45, 2.75) is 72.6 Å². The van der Waals surface area contributed by atoms with Gasteiger partial charge in [-0.1, -0.05) is 48.5 Å². The van der Waals surface area contributed by atoms with Crippen molar-refractivity contribution in [3.63, 3.8) is 0 Å². The van der Waals surface area contributed by atoms with E-state index in [0.29, 0.717) is 23.7 Å². The molecule has 2 nitrogen and oxygen atoms in total. The van der Waals surface area contributed by atoms with Gasteiger partial charge in [0.05, 0.1) is 5.69 Å². The summed E-state index contributed by atoms with van der Waals surface area (Å²) in [6, 6.07) is 0. The number of hydrogen-bond acceptors (Lipinski definition) is 1. The highest BCUT2D eigenvalue weighted by Crippen LogP contribution is 2.31. The van der Waals surface area contributed by atoms with E-state index in [9.17, 15) is 0 Å². The average Bonchev–Trinajstić information content (AvgIpc) is 2.71. The summed E-state index contributed by atoms with van der Waals surface area (Å²) < 4.78 is 0. The van der Waals surface area contributed by atoms with Gasteiger partial charge < -0.3 is 4.98 Å². The Labute approximate surface area is 106 Å². The van der Waals surface area contributed by atoms with Crippen molar-refractivity contribution in [1.29, 1.82) is 0 Å². The normalized spacial score (nSPS) is 15.6. The molecule has 2 atom stereocenters. The second-order valence-corrected chi connectivity index (χ2v) is 5.92. The minimum absolute atomic E-state index is 0.500. The summed E-state index contributed by atoms with van der Waals surface area (Å²) >= 11 is 0. The van der Waals surface area contributed by atoms with Crippen molar-refractivity contribution >= 4 is 0 Å². The third-order valence-electron chi connectivity index (χ3n) is 3.86. The number of imidazole rings is 1. The monoisotopic (exact) mass is 236 g/mol. The molecule has 0 aliphatic rings. The molecule has 2 heteroatoms. The number of hydrogen-bond donors (Lipinski definition) is 1. The average molecular weight is 236 g/mol. The van der Waals surface area contributed by atoms with Crippen LogP contribution in [0.15, 0.2) is 0 Å². The number of aromatic amines is 1. The smallest absolute Gasteiger partial charge is 0.109 e. The molecular weight excluding hydrogens is 208 g/mol. The summed E-state index contributed by atoms with van der Waals surface area (Å²) in [5.41, 5.74) is 2.62. The van der Waals surface area contributed by atoms with Gasteiger partial charge in [-0.05, 0) is 18.3 Å². The van der Waals surface area contributed by atoms with Crippen LogP contribution in [0.2, 0.25) is 0 Å². The zero-order valence-electron chi connectivity index (χ0n) is 12.5. The van der Waals surface area contributed by atoms with E-state index in [-0.39, 0.29) is 0 Å². The molecule has 0 fully saturated rings. The molecule has 1 rings (SSSR count). The largest absolute Gasteiger partial charge is 0.345 e. The van der Waals surface area contributed by atoms with Crippen LogP contribution in [0.3, 0.4) is 0 Å². The van der Waals surface area contributed by atoms with Gasteiger partial charge in [0, 0.05) is 17.5 Å². The lowest BCUT2D eigenvalue weighted by Gasteiger charge is -2.16. The predicted molar refractivity (Wildman–Crippen MR) is 74.6 cm³/mol. The zero-order valence-corrected chi connectivity index (χ0v) is 12.5. The minimum Gasteiger partial charge on any atom is -0.345 e. The van der Waals surface area contributed by atoms with Crippen molar-refractivity contribution in [3.8, 4) is 0 Å². The lowest BCUT2D eigenvalue weighted by molar-refractivity contribution is 0.517. The first kappa shape index (κ1) is 14.3. The van der Waals surface area contributed by atoms with Crippen LogP contribution < -0.4 is 0 Å². The van der Waals surface area contributed by atoms with E-state index < -0.39 is 0 Å². The molecule has 1 heterocycles. The topological polar surface area (TPSA) is 28.7 Å². The van der Waals surface area contributed by atoms with Gasteiger partial charge in [0.15, 0.2) is 0 Å².